The minimum atomic E-state index is -0.421. The van der Waals surface area contributed by atoms with Gasteiger partial charge in [0.05, 0.1) is 18.6 Å². The van der Waals surface area contributed by atoms with E-state index >= 15 is 0 Å². The fourth-order valence-corrected chi connectivity index (χ4v) is 0.928. The Labute approximate surface area is 103 Å². The standard InChI is InChI=1S/C13H22O4/c1-5-10(3)16-12(14)8-7-9-13(15)17-11(4)6-2/h7-8,10-11H,5-6,9H2,1-4H3/b8-7+. The van der Waals surface area contributed by atoms with Crippen molar-refractivity contribution in [1.82, 2.24) is 0 Å². The van der Waals surface area contributed by atoms with Crippen LogP contribution in [0.25, 0.3) is 0 Å². The maximum atomic E-state index is 11.2. The van der Waals surface area contributed by atoms with Gasteiger partial charge in [0, 0.05) is 6.08 Å². The second-order valence-electron chi connectivity index (χ2n) is 3.97. The van der Waals surface area contributed by atoms with Gasteiger partial charge in [0.25, 0.3) is 0 Å². The minimum absolute atomic E-state index is 0.0806. The van der Waals surface area contributed by atoms with Gasteiger partial charge in [-0.2, -0.15) is 0 Å². The summed E-state index contributed by atoms with van der Waals surface area (Å²) in [6, 6.07) is 0. The third kappa shape index (κ3) is 8.48. The van der Waals surface area contributed by atoms with Crippen molar-refractivity contribution < 1.29 is 19.1 Å². The number of esters is 2. The largest absolute Gasteiger partial charge is 0.462 e. The summed E-state index contributed by atoms with van der Waals surface area (Å²) in [6.07, 6.45) is 4.21. The second-order valence-corrected chi connectivity index (χ2v) is 3.97. The lowest BCUT2D eigenvalue weighted by Gasteiger charge is -2.09. The van der Waals surface area contributed by atoms with E-state index in [-0.39, 0.29) is 24.6 Å². The quantitative estimate of drug-likeness (QED) is 0.508. The SMILES string of the molecule is CCC(C)OC(=O)/C=C/CC(=O)OC(C)CC. The first-order valence-electron chi connectivity index (χ1n) is 6.06. The highest BCUT2D eigenvalue weighted by Gasteiger charge is 2.06. The summed E-state index contributed by atoms with van der Waals surface area (Å²) in [5.41, 5.74) is 0. The maximum Gasteiger partial charge on any atom is 0.330 e. The van der Waals surface area contributed by atoms with E-state index in [4.69, 9.17) is 9.47 Å². The Kier molecular flexibility index (Phi) is 8.11. The first-order chi connectivity index (χ1) is 7.99. The molecule has 0 spiro atoms. The van der Waals surface area contributed by atoms with Gasteiger partial charge >= 0.3 is 11.9 Å². The van der Waals surface area contributed by atoms with E-state index in [0.717, 1.165) is 12.8 Å². The van der Waals surface area contributed by atoms with Crippen LogP contribution in [0.3, 0.4) is 0 Å². The molecule has 0 aromatic rings. The molecule has 0 N–H and O–H groups in total. The smallest absolute Gasteiger partial charge is 0.330 e. The van der Waals surface area contributed by atoms with Gasteiger partial charge in [-0.05, 0) is 26.7 Å². The lowest BCUT2D eigenvalue weighted by molar-refractivity contribution is -0.147. The van der Waals surface area contributed by atoms with Crippen LogP contribution in [-0.2, 0) is 19.1 Å². The molecule has 0 saturated heterocycles. The van der Waals surface area contributed by atoms with E-state index in [9.17, 15) is 9.59 Å². The molecule has 0 aliphatic heterocycles. The van der Waals surface area contributed by atoms with Crippen molar-refractivity contribution in [3.63, 3.8) is 0 Å². The lowest BCUT2D eigenvalue weighted by atomic mass is 10.3. The Morgan fingerprint density at radius 1 is 1.06 bits per heavy atom. The topological polar surface area (TPSA) is 52.6 Å². The molecule has 2 atom stereocenters. The lowest BCUT2D eigenvalue weighted by Crippen LogP contribution is -2.13. The van der Waals surface area contributed by atoms with Gasteiger partial charge < -0.3 is 9.47 Å². The van der Waals surface area contributed by atoms with Crippen molar-refractivity contribution in [3.8, 4) is 0 Å². The van der Waals surface area contributed by atoms with Crippen LogP contribution in [0.1, 0.15) is 47.0 Å². The summed E-state index contributed by atoms with van der Waals surface area (Å²) in [5, 5.41) is 0. The molecule has 4 heteroatoms. The summed E-state index contributed by atoms with van der Waals surface area (Å²) < 4.78 is 10.0. The van der Waals surface area contributed by atoms with Crippen LogP contribution in [0.5, 0.6) is 0 Å². The molecule has 0 aromatic carbocycles. The first-order valence-corrected chi connectivity index (χ1v) is 6.06. The van der Waals surface area contributed by atoms with E-state index in [2.05, 4.69) is 0 Å². The number of carbonyl (C=O) groups excluding carboxylic acids is 2. The van der Waals surface area contributed by atoms with Gasteiger partial charge in [-0.1, -0.05) is 19.9 Å². The zero-order valence-electron chi connectivity index (χ0n) is 11.1. The van der Waals surface area contributed by atoms with Crippen molar-refractivity contribution in [3.05, 3.63) is 12.2 Å². The van der Waals surface area contributed by atoms with Crippen LogP contribution in [0.4, 0.5) is 0 Å². The van der Waals surface area contributed by atoms with Gasteiger partial charge in [0.15, 0.2) is 0 Å². The molecule has 4 nitrogen and oxygen atoms in total. The molecule has 0 radical (unpaired) electrons. The Bertz CT molecular complexity index is 271. The van der Waals surface area contributed by atoms with Gasteiger partial charge in [0.2, 0.25) is 0 Å². The van der Waals surface area contributed by atoms with Gasteiger partial charge in [0.1, 0.15) is 0 Å². The van der Waals surface area contributed by atoms with Crippen LogP contribution in [0.15, 0.2) is 12.2 Å². The zero-order chi connectivity index (χ0) is 13.3. The third-order valence-corrected chi connectivity index (χ3v) is 2.34. The van der Waals surface area contributed by atoms with Gasteiger partial charge in [-0.3, -0.25) is 4.79 Å². The molecule has 0 aromatic heterocycles. The molecule has 17 heavy (non-hydrogen) atoms. The molecule has 2 unspecified atom stereocenters. The number of rotatable bonds is 7. The van der Waals surface area contributed by atoms with Crippen molar-refractivity contribution in [2.45, 2.75) is 59.2 Å². The molecule has 0 aliphatic rings. The van der Waals surface area contributed by atoms with Crippen LogP contribution < -0.4 is 0 Å². The zero-order valence-corrected chi connectivity index (χ0v) is 11.1. The average Bonchev–Trinajstić information content (AvgIpc) is 2.28. The summed E-state index contributed by atoms with van der Waals surface area (Å²) in [7, 11) is 0. The molecule has 0 fully saturated rings. The molecular formula is C13H22O4. The molecule has 0 bridgehead atoms. The fourth-order valence-electron chi connectivity index (χ4n) is 0.928. The molecule has 0 aliphatic carbocycles. The van der Waals surface area contributed by atoms with Gasteiger partial charge in [-0.25, -0.2) is 4.79 Å². The monoisotopic (exact) mass is 242 g/mol. The highest BCUT2D eigenvalue weighted by atomic mass is 16.5. The van der Waals surface area contributed by atoms with Crippen molar-refractivity contribution in [2.75, 3.05) is 0 Å². The van der Waals surface area contributed by atoms with Crippen LogP contribution in [-0.4, -0.2) is 24.1 Å². The highest BCUT2D eigenvalue weighted by molar-refractivity contribution is 5.83. The van der Waals surface area contributed by atoms with Gasteiger partial charge in [-0.15, -0.1) is 0 Å². The Hall–Kier alpha value is -1.32. The number of hydrogen-bond acceptors (Lipinski definition) is 4. The van der Waals surface area contributed by atoms with Crippen molar-refractivity contribution >= 4 is 11.9 Å². The third-order valence-electron chi connectivity index (χ3n) is 2.34. The molecular weight excluding hydrogens is 220 g/mol. The van der Waals surface area contributed by atoms with E-state index in [1.165, 1.54) is 12.2 Å². The van der Waals surface area contributed by atoms with E-state index in [1.807, 2.05) is 27.7 Å². The maximum absolute atomic E-state index is 11.2. The van der Waals surface area contributed by atoms with E-state index < -0.39 is 5.97 Å². The van der Waals surface area contributed by atoms with Crippen LogP contribution in [0, 0.1) is 0 Å². The Balaban J connectivity index is 3.86. The number of ether oxygens (including phenoxy) is 2. The van der Waals surface area contributed by atoms with Crippen molar-refractivity contribution in [1.29, 1.82) is 0 Å². The highest BCUT2D eigenvalue weighted by Crippen LogP contribution is 2.00. The molecule has 98 valence electrons. The fraction of sp³-hybridized carbons (Fsp3) is 0.692. The number of carbonyl (C=O) groups is 2. The summed E-state index contributed by atoms with van der Waals surface area (Å²) in [5.74, 6) is -0.748. The number of hydrogen-bond donors (Lipinski definition) is 0. The first kappa shape index (κ1) is 15.7. The molecule has 0 saturated carbocycles. The predicted octanol–water partition coefficient (Wildman–Crippen LogP) is 2.62. The molecule has 0 heterocycles. The predicted molar refractivity (Wildman–Crippen MR) is 65.4 cm³/mol. The van der Waals surface area contributed by atoms with E-state index in [0.29, 0.717) is 0 Å². The average molecular weight is 242 g/mol. The summed E-state index contributed by atoms with van der Waals surface area (Å²) in [4.78, 5) is 22.5. The minimum Gasteiger partial charge on any atom is -0.462 e. The second kappa shape index (κ2) is 8.79. The Morgan fingerprint density at radius 2 is 1.59 bits per heavy atom. The Morgan fingerprint density at radius 3 is 2.12 bits per heavy atom. The normalized spacial score (nSPS) is 14.4. The van der Waals surface area contributed by atoms with Crippen LogP contribution >= 0.6 is 0 Å². The molecule has 0 rings (SSSR count). The van der Waals surface area contributed by atoms with Crippen LogP contribution in [0.2, 0.25) is 0 Å². The summed E-state index contributed by atoms with van der Waals surface area (Å²) in [6.45, 7) is 7.53. The molecule has 0 amide bonds. The summed E-state index contributed by atoms with van der Waals surface area (Å²) >= 11 is 0. The van der Waals surface area contributed by atoms with E-state index in [1.54, 1.807) is 0 Å². The van der Waals surface area contributed by atoms with Crippen molar-refractivity contribution in [2.24, 2.45) is 0 Å².